The second kappa shape index (κ2) is 8.48. The zero-order chi connectivity index (χ0) is 19.4. The number of ether oxygens (including phenoxy) is 1. The molecule has 3 atom stereocenters. The van der Waals surface area contributed by atoms with Crippen LogP contribution < -0.4 is 4.74 Å². The number of rotatable bonds is 6. The van der Waals surface area contributed by atoms with E-state index in [0.717, 1.165) is 11.1 Å². The van der Waals surface area contributed by atoms with E-state index in [1.165, 1.54) is 4.90 Å². The monoisotopic (exact) mass is 385 g/mol. The van der Waals surface area contributed by atoms with Gasteiger partial charge in [0.1, 0.15) is 17.9 Å². The molecule has 2 aromatic carbocycles. The zero-order valence-corrected chi connectivity index (χ0v) is 16.0. The number of carbonyl (C=O) groups excluding carboxylic acids is 1. The predicted molar refractivity (Wildman–Crippen MR) is 107 cm³/mol. The lowest BCUT2D eigenvalue weighted by Crippen LogP contribution is -2.43. The highest BCUT2D eigenvalue weighted by atomic mass is 32.1. The maximum atomic E-state index is 12.4. The molecular formula is C21H23NO4S. The average molecular weight is 385 g/mol. The molecule has 1 aliphatic heterocycles. The van der Waals surface area contributed by atoms with Crippen molar-refractivity contribution in [2.75, 3.05) is 12.3 Å². The van der Waals surface area contributed by atoms with Crippen molar-refractivity contribution in [2.45, 2.75) is 25.5 Å². The summed E-state index contributed by atoms with van der Waals surface area (Å²) in [5.74, 6) is -0.462. The van der Waals surface area contributed by atoms with Gasteiger partial charge in [-0.3, -0.25) is 4.79 Å². The van der Waals surface area contributed by atoms with Crippen LogP contribution in [-0.2, 0) is 9.59 Å². The minimum absolute atomic E-state index is 0.192. The van der Waals surface area contributed by atoms with E-state index in [2.05, 4.69) is 12.6 Å². The van der Waals surface area contributed by atoms with E-state index in [-0.39, 0.29) is 30.9 Å². The molecule has 1 aliphatic rings. The highest BCUT2D eigenvalue weighted by molar-refractivity contribution is 7.80. The number of carboxylic acids is 1. The molecule has 0 aliphatic carbocycles. The summed E-state index contributed by atoms with van der Waals surface area (Å²) >= 11 is 4.14. The number of hydrogen-bond donors (Lipinski definition) is 2. The lowest BCUT2D eigenvalue weighted by atomic mass is 10.1. The van der Waals surface area contributed by atoms with Crippen LogP contribution in [0.2, 0.25) is 0 Å². The molecule has 3 rings (SSSR count). The Balaban J connectivity index is 1.69. The van der Waals surface area contributed by atoms with Crippen LogP contribution >= 0.6 is 12.6 Å². The third kappa shape index (κ3) is 4.45. The van der Waals surface area contributed by atoms with Gasteiger partial charge in [-0.2, -0.15) is 12.6 Å². The van der Waals surface area contributed by atoms with Crippen LogP contribution in [0.15, 0.2) is 54.6 Å². The minimum atomic E-state index is -1.000. The average Bonchev–Trinajstić information content (AvgIpc) is 3.12. The van der Waals surface area contributed by atoms with Crippen LogP contribution in [0.4, 0.5) is 0 Å². The van der Waals surface area contributed by atoms with Crippen LogP contribution in [0, 0.1) is 5.92 Å². The van der Waals surface area contributed by atoms with E-state index in [4.69, 9.17) is 4.74 Å². The molecule has 0 bridgehead atoms. The second-order valence-corrected chi connectivity index (χ2v) is 7.16. The number of likely N-dealkylation sites (tertiary alicyclic amines) is 1. The van der Waals surface area contributed by atoms with Crippen molar-refractivity contribution in [1.82, 2.24) is 4.90 Å². The Morgan fingerprint density at radius 3 is 2.37 bits per heavy atom. The van der Waals surface area contributed by atoms with Gasteiger partial charge in [-0.15, -0.1) is 0 Å². The molecule has 27 heavy (non-hydrogen) atoms. The molecule has 0 aromatic heterocycles. The van der Waals surface area contributed by atoms with Crippen molar-refractivity contribution in [3.8, 4) is 16.9 Å². The van der Waals surface area contributed by atoms with Gasteiger partial charge in [-0.05, 0) is 23.3 Å². The number of carboxylic acid groups (broad SMARTS) is 1. The van der Waals surface area contributed by atoms with E-state index in [0.29, 0.717) is 11.5 Å². The lowest BCUT2D eigenvalue weighted by Gasteiger charge is -2.24. The summed E-state index contributed by atoms with van der Waals surface area (Å²) in [7, 11) is 0. The Morgan fingerprint density at radius 2 is 1.78 bits per heavy atom. The summed E-state index contributed by atoms with van der Waals surface area (Å²) < 4.78 is 5.96. The van der Waals surface area contributed by atoms with E-state index >= 15 is 0 Å². The number of benzene rings is 2. The number of nitrogens with zero attached hydrogens (tertiary/aromatic N) is 1. The van der Waals surface area contributed by atoms with Gasteiger partial charge in [-0.1, -0.05) is 49.4 Å². The van der Waals surface area contributed by atoms with Crippen LogP contribution in [0.25, 0.3) is 11.1 Å². The normalized spacial score (nSPS) is 20.3. The molecule has 1 unspecified atom stereocenters. The van der Waals surface area contributed by atoms with Crippen molar-refractivity contribution in [2.24, 2.45) is 5.92 Å². The first kappa shape index (κ1) is 19.3. The van der Waals surface area contributed by atoms with Crippen molar-refractivity contribution in [3.05, 3.63) is 54.6 Å². The van der Waals surface area contributed by atoms with Crippen molar-refractivity contribution in [3.63, 3.8) is 0 Å². The van der Waals surface area contributed by atoms with Crippen molar-refractivity contribution >= 4 is 24.5 Å². The fraction of sp³-hybridized carbons (Fsp3) is 0.333. The third-order valence-corrected chi connectivity index (χ3v) is 5.34. The number of hydrogen-bond acceptors (Lipinski definition) is 4. The largest absolute Gasteiger partial charge is 0.488 e. The van der Waals surface area contributed by atoms with Gasteiger partial charge in [0.15, 0.2) is 0 Å². The summed E-state index contributed by atoms with van der Waals surface area (Å²) in [6, 6.07) is 16.9. The molecule has 142 valence electrons. The minimum Gasteiger partial charge on any atom is -0.488 e. The van der Waals surface area contributed by atoms with Crippen LogP contribution in [0.1, 0.15) is 13.3 Å². The van der Waals surface area contributed by atoms with E-state index < -0.39 is 12.0 Å². The van der Waals surface area contributed by atoms with Crippen LogP contribution in [0.3, 0.4) is 0 Å². The Morgan fingerprint density at radius 1 is 1.15 bits per heavy atom. The number of aliphatic carboxylic acids is 1. The molecule has 5 nitrogen and oxygen atoms in total. The SMILES string of the molecule is CC(CS)C(=O)N1C[C@@H](Oc2ccc(-c3ccccc3)cc2)C[C@H]1C(=O)O. The van der Waals surface area contributed by atoms with Gasteiger partial charge in [0.2, 0.25) is 5.91 Å². The third-order valence-electron chi connectivity index (χ3n) is 4.79. The molecule has 1 fully saturated rings. The molecule has 0 spiro atoms. The van der Waals surface area contributed by atoms with E-state index in [1.54, 1.807) is 6.92 Å². The zero-order valence-electron chi connectivity index (χ0n) is 15.1. The summed E-state index contributed by atoms with van der Waals surface area (Å²) in [5.41, 5.74) is 2.20. The predicted octanol–water partition coefficient (Wildman–Crippen LogP) is 3.35. The highest BCUT2D eigenvalue weighted by Crippen LogP contribution is 2.27. The summed E-state index contributed by atoms with van der Waals surface area (Å²) in [6.45, 7) is 2.03. The topological polar surface area (TPSA) is 66.8 Å². The molecular weight excluding hydrogens is 362 g/mol. The Kier molecular flexibility index (Phi) is 6.06. The molecule has 6 heteroatoms. The maximum absolute atomic E-state index is 12.4. The number of thiol groups is 1. The summed E-state index contributed by atoms with van der Waals surface area (Å²) in [4.78, 5) is 25.4. The fourth-order valence-corrected chi connectivity index (χ4v) is 3.43. The van der Waals surface area contributed by atoms with E-state index in [1.807, 2.05) is 54.6 Å². The van der Waals surface area contributed by atoms with Crippen LogP contribution in [0.5, 0.6) is 5.75 Å². The summed E-state index contributed by atoms with van der Waals surface area (Å²) in [5, 5.41) is 9.46. The van der Waals surface area contributed by atoms with Gasteiger partial charge in [0.05, 0.1) is 6.54 Å². The van der Waals surface area contributed by atoms with Gasteiger partial charge in [-0.25, -0.2) is 4.79 Å². The van der Waals surface area contributed by atoms with E-state index in [9.17, 15) is 14.7 Å². The Labute approximate surface area is 164 Å². The standard InChI is InChI=1S/C21H23NO4S/c1-14(13-27)20(23)22-12-18(11-19(22)21(24)25)26-17-9-7-16(8-10-17)15-5-3-2-4-6-15/h2-10,14,18-19,27H,11-13H2,1H3,(H,24,25)/t14?,18-,19-/m0/s1. The molecule has 0 radical (unpaired) electrons. The van der Waals surface area contributed by atoms with Gasteiger partial charge in [0.25, 0.3) is 0 Å². The number of carbonyl (C=O) groups is 2. The molecule has 1 saturated heterocycles. The van der Waals surface area contributed by atoms with Crippen molar-refractivity contribution < 1.29 is 19.4 Å². The number of amides is 1. The molecule has 0 saturated carbocycles. The second-order valence-electron chi connectivity index (χ2n) is 6.79. The Bertz CT molecular complexity index is 794. The first-order valence-electron chi connectivity index (χ1n) is 8.96. The molecule has 1 heterocycles. The fourth-order valence-electron chi connectivity index (χ4n) is 3.27. The maximum Gasteiger partial charge on any atom is 0.326 e. The summed E-state index contributed by atoms with van der Waals surface area (Å²) in [6.07, 6.45) is -0.0643. The lowest BCUT2D eigenvalue weighted by molar-refractivity contribution is -0.149. The first-order chi connectivity index (χ1) is 13.0. The van der Waals surface area contributed by atoms with Gasteiger partial charge in [0, 0.05) is 18.1 Å². The quantitative estimate of drug-likeness (QED) is 0.749. The highest BCUT2D eigenvalue weighted by Gasteiger charge is 2.41. The first-order valence-corrected chi connectivity index (χ1v) is 9.59. The molecule has 2 aromatic rings. The smallest absolute Gasteiger partial charge is 0.326 e. The van der Waals surface area contributed by atoms with Crippen molar-refractivity contribution in [1.29, 1.82) is 0 Å². The van der Waals surface area contributed by atoms with Gasteiger partial charge >= 0.3 is 5.97 Å². The van der Waals surface area contributed by atoms with Gasteiger partial charge < -0.3 is 14.7 Å². The Hall–Kier alpha value is -2.47. The van der Waals surface area contributed by atoms with Crippen LogP contribution in [-0.4, -0.2) is 46.3 Å². The molecule has 1 amide bonds. The molecule has 1 N–H and O–H groups in total.